The molecule has 0 amide bonds. The highest BCUT2D eigenvalue weighted by molar-refractivity contribution is 6.35. The molecule has 1 aromatic rings. The Balaban J connectivity index is 2.87. The first kappa shape index (κ1) is 13.3. The predicted molar refractivity (Wildman–Crippen MR) is 59.7 cm³/mol. The van der Waals surface area contributed by atoms with Crippen molar-refractivity contribution in [2.45, 2.75) is 18.6 Å². The Morgan fingerprint density at radius 1 is 1.31 bits per heavy atom. The van der Waals surface area contributed by atoms with Crippen LogP contribution in [0.2, 0.25) is 10.0 Å². The highest BCUT2D eigenvalue weighted by Crippen LogP contribution is 2.28. The van der Waals surface area contributed by atoms with E-state index in [2.05, 4.69) is 0 Å². The minimum absolute atomic E-state index is 0.185. The molecule has 0 aliphatic heterocycles. The van der Waals surface area contributed by atoms with Crippen LogP contribution in [0.1, 0.15) is 18.1 Å². The summed E-state index contributed by atoms with van der Waals surface area (Å²) in [6.45, 7) is 0. The average Bonchev–Trinajstić information content (AvgIpc) is 2.15. The number of hydrogen-bond acceptors (Lipinski definition) is 3. The number of halogens is 2. The highest BCUT2D eigenvalue weighted by atomic mass is 35.5. The Bertz CT molecular complexity index is 394. The van der Waals surface area contributed by atoms with Crippen LogP contribution in [0, 0.1) is 0 Å². The second-order valence-corrected chi connectivity index (χ2v) is 4.12. The maximum Gasteiger partial charge on any atom is 0.306 e. The van der Waals surface area contributed by atoms with Crippen LogP contribution < -0.4 is 0 Å². The number of carbonyl (C=O) groups is 1. The molecular formula is C10H10Cl2O4. The smallest absolute Gasteiger partial charge is 0.306 e. The van der Waals surface area contributed by atoms with Gasteiger partial charge in [-0.3, -0.25) is 4.79 Å². The average molecular weight is 265 g/mol. The Kier molecular flexibility index (Phi) is 4.56. The van der Waals surface area contributed by atoms with Crippen molar-refractivity contribution in [3.05, 3.63) is 33.8 Å². The van der Waals surface area contributed by atoms with Crippen molar-refractivity contribution >= 4 is 29.2 Å². The Hall–Kier alpha value is -0.810. The number of hydrogen-bond donors (Lipinski definition) is 3. The van der Waals surface area contributed by atoms with Gasteiger partial charge in [-0.1, -0.05) is 29.3 Å². The summed E-state index contributed by atoms with van der Waals surface area (Å²) in [7, 11) is 0. The van der Waals surface area contributed by atoms with Gasteiger partial charge in [0.15, 0.2) is 0 Å². The van der Waals surface area contributed by atoms with Gasteiger partial charge < -0.3 is 15.3 Å². The van der Waals surface area contributed by atoms with Crippen molar-refractivity contribution in [2.24, 2.45) is 0 Å². The number of rotatable bonds is 4. The molecule has 2 atom stereocenters. The van der Waals surface area contributed by atoms with Crippen molar-refractivity contribution in [1.82, 2.24) is 0 Å². The van der Waals surface area contributed by atoms with Gasteiger partial charge in [-0.05, 0) is 12.1 Å². The van der Waals surface area contributed by atoms with Gasteiger partial charge in [-0.2, -0.15) is 0 Å². The third kappa shape index (κ3) is 3.35. The number of aliphatic hydroxyl groups excluding tert-OH is 2. The van der Waals surface area contributed by atoms with Crippen LogP contribution in [0.4, 0.5) is 0 Å². The molecule has 0 spiro atoms. The van der Waals surface area contributed by atoms with Crippen LogP contribution in [-0.4, -0.2) is 27.4 Å². The van der Waals surface area contributed by atoms with E-state index in [9.17, 15) is 15.0 Å². The number of aliphatic hydroxyl groups is 2. The second kappa shape index (κ2) is 5.50. The molecule has 88 valence electrons. The maximum atomic E-state index is 10.4. The van der Waals surface area contributed by atoms with Gasteiger partial charge in [-0.25, -0.2) is 0 Å². The summed E-state index contributed by atoms with van der Waals surface area (Å²) in [5.74, 6) is -1.20. The fourth-order valence-electron chi connectivity index (χ4n) is 1.24. The molecule has 1 rings (SSSR count). The van der Waals surface area contributed by atoms with E-state index in [1.54, 1.807) is 0 Å². The van der Waals surface area contributed by atoms with E-state index in [0.29, 0.717) is 5.02 Å². The minimum Gasteiger partial charge on any atom is -0.481 e. The summed E-state index contributed by atoms with van der Waals surface area (Å²) in [6.07, 6.45) is -3.31. The van der Waals surface area contributed by atoms with Crippen molar-refractivity contribution < 1.29 is 20.1 Å². The molecule has 0 saturated heterocycles. The number of benzene rings is 1. The Morgan fingerprint density at radius 2 is 1.94 bits per heavy atom. The Morgan fingerprint density at radius 3 is 2.44 bits per heavy atom. The monoisotopic (exact) mass is 264 g/mol. The van der Waals surface area contributed by atoms with Crippen LogP contribution in [0.3, 0.4) is 0 Å². The van der Waals surface area contributed by atoms with Crippen molar-refractivity contribution in [1.29, 1.82) is 0 Å². The molecule has 3 N–H and O–H groups in total. The maximum absolute atomic E-state index is 10.4. The second-order valence-electron chi connectivity index (χ2n) is 3.28. The van der Waals surface area contributed by atoms with Gasteiger partial charge in [-0.15, -0.1) is 0 Å². The van der Waals surface area contributed by atoms with E-state index in [1.807, 2.05) is 0 Å². The first-order valence-corrected chi connectivity index (χ1v) is 5.20. The third-order valence-corrected chi connectivity index (χ3v) is 2.59. The first-order valence-electron chi connectivity index (χ1n) is 4.44. The zero-order chi connectivity index (χ0) is 12.3. The molecule has 0 aromatic heterocycles. The molecule has 16 heavy (non-hydrogen) atoms. The number of aliphatic carboxylic acids is 1. The molecule has 4 nitrogen and oxygen atoms in total. The lowest BCUT2D eigenvalue weighted by Gasteiger charge is -2.17. The van der Waals surface area contributed by atoms with E-state index in [-0.39, 0.29) is 10.6 Å². The molecule has 6 heteroatoms. The minimum atomic E-state index is -1.41. The zero-order valence-electron chi connectivity index (χ0n) is 8.10. The lowest BCUT2D eigenvalue weighted by Crippen LogP contribution is -2.22. The molecule has 1 aromatic carbocycles. The zero-order valence-corrected chi connectivity index (χ0v) is 9.61. The van der Waals surface area contributed by atoms with Gasteiger partial charge in [0.1, 0.15) is 6.10 Å². The molecule has 0 heterocycles. The standard InChI is InChI=1S/C10H10Cl2O4/c11-5-1-2-6(7(12)3-5)10(16)8(13)4-9(14)15/h1-3,8,10,13,16H,4H2,(H,14,15). The number of carboxylic acids is 1. The van der Waals surface area contributed by atoms with Gasteiger partial charge in [0.2, 0.25) is 0 Å². The van der Waals surface area contributed by atoms with Crippen LogP contribution in [-0.2, 0) is 4.79 Å². The van der Waals surface area contributed by atoms with Crippen LogP contribution in [0.25, 0.3) is 0 Å². The van der Waals surface area contributed by atoms with E-state index >= 15 is 0 Å². The SMILES string of the molecule is O=C(O)CC(O)C(O)c1ccc(Cl)cc1Cl. The fraction of sp³-hybridized carbons (Fsp3) is 0.300. The van der Waals surface area contributed by atoms with Crippen LogP contribution in [0.15, 0.2) is 18.2 Å². The largest absolute Gasteiger partial charge is 0.481 e. The van der Waals surface area contributed by atoms with Gasteiger partial charge in [0.05, 0.1) is 12.5 Å². The van der Waals surface area contributed by atoms with Crippen LogP contribution in [0.5, 0.6) is 0 Å². The summed E-state index contributed by atoms with van der Waals surface area (Å²) in [5, 5.41) is 28.1. The summed E-state index contributed by atoms with van der Waals surface area (Å²) in [6, 6.07) is 4.36. The molecule has 0 aliphatic rings. The summed E-state index contributed by atoms with van der Waals surface area (Å²) < 4.78 is 0. The van der Waals surface area contributed by atoms with E-state index in [1.165, 1.54) is 18.2 Å². The molecule has 0 fully saturated rings. The normalized spacial score (nSPS) is 14.5. The fourth-order valence-corrected chi connectivity index (χ4v) is 1.76. The number of carboxylic acid groups (broad SMARTS) is 1. The highest BCUT2D eigenvalue weighted by Gasteiger charge is 2.23. The third-order valence-electron chi connectivity index (χ3n) is 2.03. The van der Waals surface area contributed by atoms with E-state index in [4.69, 9.17) is 28.3 Å². The van der Waals surface area contributed by atoms with Gasteiger partial charge >= 0.3 is 5.97 Å². The van der Waals surface area contributed by atoms with E-state index < -0.39 is 24.6 Å². The molecule has 2 unspecified atom stereocenters. The van der Waals surface area contributed by atoms with E-state index in [0.717, 1.165) is 0 Å². The predicted octanol–water partition coefficient (Wildman–Crippen LogP) is 1.86. The van der Waals surface area contributed by atoms with Crippen molar-refractivity contribution in [3.63, 3.8) is 0 Å². The summed E-state index contributed by atoms with van der Waals surface area (Å²) in [4.78, 5) is 10.4. The lowest BCUT2D eigenvalue weighted by molar-refractivity contribution is -0.141. The van der Waals surface area contributed by atoms with Crippen molar-refractivity contribution in [3.8, 4) is 0 Å². The topological polar surface area (TPSA) is 77.8 Å². The van der Waals surface area contributed by atoms with Gasteiger partial charge in [0.25, 0.3) is 0 Å². The summed E-state index contributed by atoms with van der Waals surface area (Å²) in [5.41, 5.74) is 0.250. The first-order chi connectivity index (χ1) is 7.41. The molecular weight excluding hydrogens is 255 g/mol. The van der Waals surface area contributed by atoms with Gasteiger partial charge in [0, 0.05) is 15.6 Å². The molecule has 0 radical (unpaired) electrons. The summed E-state index contributed by atoms with van der Waals surface area (Å²) >= 11 is 11.5. The lowest BCUT2D eigenvalue weighted by atomic mass is 10.0. The molecule has 0 aliphatic carbocycles. The molecule has 0 bridgehead atoms. The molecule has 0 saturated carbocycles. The van der Waals surface area contributed by atoms with Crippen LogP contribution >= 0.6 is 23.2 Å². The van der Waals surface area contributed by atoms with Crippen molar-refractivity contribution in [2.75, 3.05) is 0 Å². The quantitative estimate of drug-likeness (QED) is 0.776. The Labute approximate surface area is 102 Å².